The molecule has 0 aliphatic heterocycles. The molecule has 5 heteroatoms. The summed E-state index contributed by atoms with van der Waals surface area (Å²) in [5.74, 6) is 0.660. The van der Waals surface area contributed by atoms with Crippen LogP contribution in [0.5, 0.6) is 0 Å². The fourth-order valence-electron chi connectivity index (χ4n) is 1.59. The predicted molar refractivity (Wildman–Crippen MR) is 80.4 cm³/mol. The molecule has 1 heterocycles. The zero-order valence-corrected chi connectivity index (χ0v) is 12.7. The van der Waals surface area contributed by atoms with E-state index in [1.807, 2.05) is 37.3 Å². The summed E-state index contributed by atoms with van der Waals surface area (Å²) in [6.07, 6.45) is 1.71. The molecule has 0 aliphatic carbocycles. The molecule has 94 valence electrons. The summed E-state index contributed by atoms with van der Waals surface area (Å²) in [6.45, 7) is 2.03. The number of benzene rings is 1. The number of hydrogen-bond donors (Lipinski definition) is 1. The molecule has 1 atom stereocenters. The number of hydrogen-bond acceptors (Lipinski definition) is 2. The Labute approximate surface area is 124 Å². The minimum atomic E-state index is 0.0786. The normalized spacial score (nSPS) is 12.2. The molecule has 1 N–H and O–H groups in total. The minimum Gasteiger partial charge on any atom is -0.362 e. The van der Waals surface area contributed by atoms with Crippen molar-refractivity contribution in [3.05, 3.63) is 56.6 Å². The van der Waals surface area contributed by atoms with E-state index in [1.165, 1.54) is 0 Å². The third-order valence-corrected chi connectivity index (χ3v) is 3.47. The number of rotatable bonds is 3. The fourth-order valence-corrected chi connectivity index (χ4v) is 2.47. The average molecular weight is 346 g/mol. The van der Waals surface area contributed by atoms with Crippen LogP contribution in [0.1, 0.15) is 18.5 Å². The van der Waals surface area contributed by atoms with Crippen LogP contribution in [0.25, 0.3) is 0 Å². The molecule has 0 radical (unpaired) electrons. The average Bonchev–Trinajstić information content (AvgIpc) is 2.32. The van der Waals surface area contributed by atoms with Crippen LogP contribution in [0.3, 0.4) is 0 Å². The smallest absolute Gasteiger partial charge is 0.145 e. The standard InChI is InChI=1S/C13H11BrCl2N2/c1-8(9-3-2-4-11(15)5-9)18-13-12(16)6-10(14)7-17-13/h2-8H,1H3,(H,17,18). The van der Waals surface area contributed by atoms with Gasteiger partial charge < -0.3 is 5.32 Å². The molecule has 0 spiro atoms. The molecular weight excluding hydrogens is 335 g/mol. The maximum atomic E-state index is 6.11. The lowest BCUT2D eigenvalue weighted by Gasteiger charge is -2.16. The Morgan fingerprint density at radius 1 is 1.28 bits per heavy atom. The third kappa shape index (κ3) is 3.37. The van der Waals surface area contributed by atoms with Crippen LogP contribution < -0.4 is 5.32 Å². The van der Waals surface area contributed by atoms with E-state index in [1.54, 1.807) is 6.20 Å². The Kier molecular flexibility index (Phi) is 4.49. The van der Waals surface area contributed by atoms with Crippen molar-refractivity contribution >= 4 is 44.9 Å². The van der Waals surface area contributed by atoms with Crippen molar-refractivity contribution in [2.45, 2.75) is 13.0 Å². The maximum absolute atomic E-state index is 6.11. The summed E-state index contributed by atoms with van der Waals surface area (Å²) in [5, 5.41) is 4.56. The third-order valence-electron chi connectivity index (χ3n) is 2.51. The van der Waals surface area contributed by atoms with Crippen molar-refractivity contribution in [3.63, 3.8) is 0 Å². The molecular formula is C13H11BrCl2N2. The molecule has 1 aromatic heterocycles. The minimum absolute atomic E-state index is 0.0786. The molecule has 0 aliphatic rings. The Morgan fingerprint density at radius 3 is 2.72 bits per heavy atom. The molecule has 0 amide bonds. The van der Waals surface area contributed by atoms with Crippen LogP contribution in [0.15, 0.2) is 41.0 Å². The molecule has 1 aromatic carbocycles. The van der Waals surface area contributed by atoms with E-state index in [0.717, 1.165) is 15.1 Å². The molecule has 2 rings (SSSR count). The van der Waals surface area contributed by atoms with Gasteiger partial charge in [-0.25, -0.2) is 4.98 Å². The fraction of sp³-hybridized carbons (Fsp3) is 0.154. The second kappa shape index (κ2) is 5.91. The van der Waals surface area contributed by atoms with E-state index in [0.29, 0.717) is 10.8 Å². The Bertz CT molecular complexity index is 560. The van der Waals surface area contributed by atoms with E-state index in [2.05, 4.69) is 26.2 Å². The molecule has 0 saturated heterocycles. The van der Waals surface area contributed by atoms with Gasteiger partial charge in [-0.05, 0) is 46.6 Å². The highest BCUT2D eigenvalue weighted by atomic mass is 79.9. The predicted octanol–water partition coefficient (Wildman–Crippen LogP) is 5.32. The van der Waals surface area contributed by atoms with Crippen LogP contribution in [-0.4, -0.2) is 4.98 Å². The number of aromatic nitrogens is 1. The van der Waals surface area contributed by atoms with E-state index >= 15 is 0 Å². The number of halogens is 3. The largest absolute Gasteiger partial charge is 0.362 e. The molecule has 2 nitrogen and oxygen atoms in total. The highest BCUT2D eigenvalue weighted by Crippen LogP contribution is 2.27. The molecule has 2 aromatic rings. The number of anilines is 1. The summed E-state index contributed by atoms with van der Waals surface area (Å²) in [4.78, 5) is 4.24. The van der Waals surface area contributed by atoms with Crippen molar-refractivity contribution in [3.8, 4) is 0 Å². The second-order valence-corrected chi connectivity index (χ2v) is 5.66. The van der Waals surface area contributed by atoms with Crippen molar-refractivity contribution in [2.75, 3.05) is 5.32 Å². The van der Waals surface area contributed by atoms with Gasteiger partial charge in [0.2, 0.25) is 0 Å². The van der Waals surface area contributed by atoms with Crippen LogP contribution in [-0.2, 0) is 0 Å². The quantitative estimate of drug-likeness (QED) is 0.813. The van der Waals surface area contributed by atoms with Crippen molar-refractivity contribution in [1.29, 1.82) is 0 Å². The van der Waals surface area contributed by atoms with Gasteiger partial charge in [-0.1, -0.05) is 35.3 Å². The first-order valence-corrected chi connectivity index (χ1v) is 6.94. The maximum Gasteiger partial charge on any atom is 0.145 e. The van der Waals surface area contributed by atoms with Crippen LogP contribution in [0, 0.1) is 0 Å². The highest BCUT2D eigenvalue weighted by Gasteiger charge is 2.09. The summed E-state index contributed by atoms with van der Waals surface area (Å²) in [6, 6.07) is 9.59. The van der Waals surface area contributed by atoms with Gasteiger partial charge in [0.25, 0.3) is 0 Å². The van der Waals surface area contributed by atoms with Gasteiger partial charge in [0.15, 0.2) is 0 Å². The van der Waals surface area contributed by atoms with Crippen molar-refractivity contribution in [1.82, 2.24) is 4.98 Å². The monoisotopic (exact) mass is 344 g/mol. The summed E-state index contributed by atoms with van der Waals surface area (Å²) in [5.41, 5.74) is 1.09. The molecule has 0 bridgehead atoms. The number of nitrogens with zero attached hydrogens (tertiary/aromatic N) is 1. The zero-order valence-electron chi connectivity index (χ0n) is 9.62. The van der Waals surface area contributed by atoms with Gasteiger partial charge in [-0.15, -0.1) is 0 Å². The van der Waals surface area contributed by atoms with Gasteiger partial charge in [0.1, 0.15) is 5.82 Å². The SMILES string of the molecule is CC(Nc1ncc(Br)cc1Cl)c1cccc(Cl)c1. The molecule has 0 fully saturated rings. The molecule has 18 heavy (non-hydrogen) atoms. The van der Waals surface area contributed by atoms with Crippen LogP contribution in [0.2, 0.25) is 10.0 Å². The van der Waals surface area contributed by atoms with E-state index < -0.39 is 0 Å². The van der Waals surface area contributed by atoms with E-state index in [9.17, 15) is 0 Å². The lowest BCUT2D eigenvalue weighted by atomic mass is 10.1. The van der Waals surface area contributed by atoms with Gasteiger partial charge >= 0.3 is 0 Å². The van der Waals surface area contributed by atoms with Crippen LogP contribution in [0.4, 0.5) is 5.82 Å². The first-order chi connectivity index (χ1) is 8.56. The first-order valence-electron chi connectivity index (χ1n) is 5.39. The molecule has 0 saturated carbocycles. The van der Waals surface area contributed by atoms with Gasteiger partial charge in [0, 0.05) is 15.7 Å². The summed E-state index contributed by atoms with van der Waals surface area (Å²) in [7, 11) is 0. The Hall–Kier alpha value is -0.770. The topological polar surface area (TPSA) is 24.9 Å². The summed E-state index contributed by atoms with van der Waals surface area (Å²) < 4.78 is 0.855. The van der Waals surface area contributed by atoms with E-state index in [4.69, 9.17) is 23.2 Å². The summed E-state index contributed by atoms with van der Waals surface area (Å²) >= 11 is 15.4. The van der Waals surface area contributed by atoms with Crippen molar-refractivity contribution < 1.29 is 0 Å². The van der Waals surface area contributed by atoms with E-state index in [-0.39, 0.29) is 6.04 Å². The highest BCUT2D eigenvalue weighted by molar-refractivity contribution is 9.10. The number of nitrogens with one attached hydrogen (secondary N) is 1. The van der Waals surface area contributed by atoms with Crippen LogP contribution >= 0.6 is 39.1 Å². The molecule has 1 unspecified atom stereocenters. The lowest BCUT2D eigenvalue weighted by Crippen LogP contribution is -2.08. The Morgan fingerprint density at radius 2 is 2.06 bits per heavy atom. The van der Waals surface area contributed by atoms with Gasteiger partial charge in [0.05, 0.1) is 11.1 Å². The van der Waals surface area contributed by atoms with Gasteiger partial charge in [-0.2, -0.15) is 0 Å². The van der Waals surface area contributed by atoms with Gasteiger partial charge in [-0.3, -0.25) is 0 Å². The van der Waals surface area contributed by atoms with Crippen molar-refractivity contribution in [2.24, 2.45) is 0 Å². The first kappa shape index (κ1) is 13.7. The number of pyridine rings is 1. The Balaban J connectivity index is 2.18. The lowest BCUT2D eigenvalue weighted by molar-refractivity contribution is 0.874. The second-order valence-electron chi connectivity index (χ2n) is 3.90. The zero-order chi connectivity index (χ0) is 13.1.